The average molecular weight is 331 g/mol. The summed E-state index contributed by atoms with van der Waals surface area (Å²) < 4.78 is 13.0. The number of carbonyl (C=O) groups is 1. The molecule has 0 amide bonds. The number of nitrogens with one attached hydrogen (secondary N) is 1. The molecule has 2 N–H and O–H groups in total. The lowest BCUT2D eigenvalue weighted by atomic mass is 10.1. The number of nitrogens with zero attached hydrogens (tertiary/aromatic N) is 2. The van der Waals surface area contributed by atoms with E-state index in [1.807, 2.05) is 0 Å². The first-order valence-corrected chi connectivity index (χ1v) is 7.00. The van der Waals surface area contributed by atoms with Gasteiger partial charge < -0.3 is 5.11 Å². The van der Waals surface area contributed by atoms with Crippen molar-refractivity contribution in [3.05, 3.63) is 70.0 Å². The van der Waals surface area contributed by atoms with Crippen molar-refractivity contribution in [2.24, 2.45) is 5.10 Å². The van der Waals surface area contributed by atoms with Gasteiger partial charge in [-0.25, -0.2) is 4.39 Å². The molecule has 0 saturated heterocycles. The van der Waals surface area contributed by atoms with E-state index in [-0.39, 0.29) is 18.5 Å². The van der Waals surface area contributed by atoms with Crippen LogP contribution in [0.1, 0.15) is 18.4 Å². The molecule has 7 nitrogen and oxygen atoms in total. The molecule has 2 aromatic carbocycles. The molecule has 0 unspecified atom stereocenters. The second-order valence-electron chi connectivity index (χ2n) is 4.87. The minimum Gasteiger partial charge on any atom is -0.481 e. The van der Waals surface area contributed by atoms with Crippen molar-refractivity contribution in [3.8, 4) is 0 Å². The Morgan fingerprint density at radius 3 is 2.29 bits per heavy atom. The highest BCUT2D eigenvalue weighted by molar-refractivity contribution is 6.02. The van der Waals surface area contributed by atoms with Crippen LogP contribution in [0.15, 0.2) is 53.6 Å². The summed E-state index contributed by atoms with van der Waals surface area (Å²) in [4.78, 5) is 20.9. The fraction of sp³-hybridized carbons (Fsp3) is 0.125. The van der Waals surface area contributed by atoms with Gasteiger partial charge in [0.1, 0.15) is 5.82 Å². The number of nitro groups is 1. The molecule has 0 aliphatic rings. The lowest BCUT2D eigenvalue weighted by Gasteiger charge is -2.07. The molecule has 0 heterocycles. The minimum absolute atomic E-state index is 0.0471. The molecule has 0 atom stereocenters. The van der Waals surface area contributed by atoms with Crippen LogP contribution in [0, 0.1) is 15.9 Å². The second-order valence-corrected chi connectivity index (χ2v) is 4.87. The van der Waals surface area contributed by atoms with E-state index in [1.54, 1.807) is 0 Å². The number of nitro benzene ring substituents is 1. The Kier molecular flexibility index (Phi) is 5.56. The maximum absolute atomic E-state index is 13.0. The van der Waals surface area contributed by atoms with Gasteiger partial charge >= 0.3 is 5.97 Å². The number of hydrazone groups is 1. The van der Waals surface area contributed by atoms with E-state index >= 15 is 0 Å². The number of benzene rings is 2. The largest absolute Gasteiger partial charge is 0.481 e. The minimum atomic E-state index is -0.972. The molecule has 0 radical (unpaired) electrons. The van der Waals surface area contributed by atoms with E-state index in [0.717, 1.165) is 0 Å². The van der Waals surface area contributed by atoms with E-state index in [1.165, 1.54) is 48.5 Å². The predicted molar refractivity (Wildman–Crippen MR) is 86.5 cm³/mol. The maximum Gasteiger partial charge on any atom is 0.303 e. The summed E-state index contributed by atoms with van der Waals surface area (Å²) in [7, 11) is 0. The molecule has 2 rings (SSSR count). The van der Waals surface area contributed by atoms with Crippen LogP contribution < -0.4 is 5.43 Å². The highest BCUT2D eigenvalue weighted by Crippen LogP contribution is 2.16. The summed E-state index contributed by atoms with van der Waals surface area (Å²) in [5.41, 5.74) is 4.22. The van der Waals surface area contributed by atoms with Gasteiger partial charge in [0, 0.05) is 18.6 Å². The first kappa shape index (κ1) is 17.1. The molecular formula is C16H14FN3O4. The molecule has 0 spiro atoms. The fourth-order valence-corrected chi connectivity index (χ4v) is 1.92. The van der Waals surface area contributed by atoms with Crippen LogP contribution in [0.5, 0.6) is 0 Å². The summed E-state index contributed by atoms with van der Waals surface area (Å²) in [6.45, 7) is 0. The van der Waals surface area contributed by atoms with E-state index < -0.39 is 16.7 Å². The zero-order valence-corrected chi connectivity index (χ0v) is 12.5. The fourth-order valence-electron chi connectivity index (χ4n) is 1.92. The van der Waals surface area contributed by atoms with Crippen LogP contribution in [-0.4, -0.2) is 21.7 Å². The number of hydrogen-bond donors (Lipinski definition) is 2. The number of rotatable bonds is 7. The molecule has 24 heavy (non-hydrogen) atoms. The van der Waals surface area contributed by atoms with Gasteiger partial charge in [0.15, 0.2) is 0 Å². The zero-order valence-electron chi connectivity index (χ0n) is 12.5. The van der Waals surface area contributed by atoms with Crippen molar-refractivity contribution in [2.45, 2.75) is 12.8 Å². The summed E-state index contributed by atoms with van der Waals surface area (Å²) >= 11 is 0. The van der Waals surface area contributed by atoms with Gasteiger partial charge in [-0.15, -0.1) is 0 Å². The Morgan fingerprint density at radius 1 is 1.12 bits per heavy atom. The van der Waals surface area contributed by atoms with Crippen LogP contribution in [0.2, 0.25) is 0 Å². The monoisotopic (exact) mass is 331 g/mol. The highest BCUT2D eigenvalue weighted by Gasteiger charge is 2.08. The van der Waals surface area contributed by atoms with Gasteiger partial charge in [0.05, 0.1) is 22.7 Å². The first-order valence-electron chi connectivity index (χ1n) is 7.00. The van der Waals surface area contributed by atoms with Gasteiger partial charge in [0.2, 0.25) is 0 Å². The summed E-state index contributed by atoms with van der Waals surface area (Å²) in [6, 6.07) is 11.2. The van der Waals surface area contributed by atoms with Crippen molar-refractivity contribution in [2.75, 3.05) is 5.43 Å². The Bertz CT molecular complexity index is 758. The standard InChI is InChI=1S/C16H14FN3O4/c17-12-3-1-11(2-4-12)15(9-10-16(21)22)19-18-13-5-7-14(8-6-13)20(23)24/h1-8,18H,9-10H2,(H,21,22). The maximum atomic E-state index is 13.0. The number of halogens is 1. The van der Waals surface area contributed by atoms with E-state index in [2.05, 4.69) is 10.5 Å². The average Bonchev–Trinajstić information content (AvgIpc) is 2.56. The zero-order chi connectivity index (χ0) is 17.5. The normalized spacial score (nSPS) is 11.1. The van der Waals surface area contributed by atoms with Crippen LogP contribution in [-0.2, 0) is 4.79 Å². The lowest BCUT2D eigenvalue weighted by molar-refractivity contribution is -0.384. The van der Waals surface area contributed by atoms with E-state index in [0.29, 0.717) is 17.0 Å². The third-order valence-corrected chi connectivity index (χ3v) is 3.15. The Hall–Kier alpha value is -3.29. The van der Waals surface area contributed by atoms with Gasteiger partial charge in [-0.2, -0.15) is 5.10 Å². The lowest BCUT2D eigenvalue weighted by Crippen LogP contribution is -2.08. The smallest absolute Gasteiger partial charge is 0.303 e. The van der Waals surface area contributed by atoms with Crippen LogP contribution in [0.3, 0.4) is 0 Å². The van der Waals surface area contributed by atoms with Crippen LogP contribution in [0.4, 0.5) is 15.8 Å². The third-order valence-electron chi connectivity index (χ3n) is 3.15. The molecule has 0 aliphatic heterocycles. The first-order chi connectivity index (χ1) is 11.5. The summed E-state index contributed by atoms with van der Waals surface area (Å²) in [6.07, 6.45) is 0.0269. The summed E-state index contributed by atoms with van der Waals surface area (Å²) in [5, 5.41) is 23.6. The van der Waals surface area contributed by atoms with Crippen molar-refractivity contribution < 1.29 is 19.2 Å². The van der Waals surface area contributed by atoms with Crippen molar-refractivity contribution in [1.82, 2.24) is 0 Å². The molecular weight excluding hydrogens is 317 g/mol. The van der Waals surface area contributed by atoms with Crippen molar-refractivity contribution >= 4 is 23.1 Å². The second kappa shape index (κ2) is 7.82. The quantitative estimate of drug-likeness (QED) is 0.459. The van der Waals surface area contributed by atoms with Crippen molar-refractivity contribution in [1.29, 1.82) is 0 Å². The molecule has 2 aromatic rings. The highest BCUT2D eigenvalue weighted by atomic mass is 19.1. The molecule has 0 bridgehead atoms. The Balaban J connectivity index is 2.18. The molecule has 8 heteroatoms. The van der Waals surface area contributed by atoms with E-state index in [4.69, 9.17) is 5.11 Å². The molecule has 0 aromatic heterocycles. The molecule has 0 aliphatic carbocycles. The van der Waals surface area contributed by atoms with Crippen LogP contribution in [0.25, 0.3) is 0 Å². The van der Waals surface area contributed by atoms with Gasteiger partial charge in [-0.05, 0) is 29.8 Å². The van der Waals surface area contributed by atoms with Gasteiger partial charge in [0.25, 0.3) is 5.69 Å². The number of hydrogen-bond acceptors (Lipinski definition) is 5. The SMILES string of the molecule is O=C(O)CCC(=NNc1ccc([N+](=O)[O-])cc1)c1ccc(F)cc1. The molecule has 124 valence electrons. The molecule has 0 saturated carbocycles. The topological polar surface area (TPSA) is 105 Å². The number of carboxylic acid groups (broad SMARTS) is 1. The summed E-state index contributed by atoms with van der Waals surface area (Å²) in [5.74, 6) is -1.38. The molecule has 0 fully saturated rings. The van der Waals surface area contributed by atoms with Crippen LogP contribution >= 0.6 is 0 Å². The van der Waals surface area contributed by atoms with Crippen molar-refractivity contribution in [3.63, 3.8) is 0 Å². The third kappa shape index (κ3) is 4.87. The number of aliphatic carboxylic acids is 1. The van der Waals surface area contributed by atoms with Gasteiger partial charge in [-0.3, -0.25) is 20.3 Å². The number of carboxylic acids is 1. The number of anilines is 1. The number of non-ortho nitro benzene ring substituents is 1. The van der Waals surface area contributed by atoms with E-state index in [9.17, 15) is 19.3 Å². The Labute approximate surface area is 136 Å². The predicted octanol–water partition coefficient (Wildman–Crippen LogP) is 3.41. The Morgan fingerprint density at radius 2 is 1.75 bits per heavy atom. The van der Waals surface area contributed by atoms with Gasteiger partial charge in [-0.1, -0.05) is 12.1 Å².